The molecule has 0 saturated carbocycles. The average Bonchev–Trinajstić information content (AvgIpc) is 2.31. The second-order valence-corrected chi connectivity index (χ2v) is 4.51. The summed E-state index contributed by atoms with van der Waals surface area (Å²) in [6.07, 6.45) is -4.46. The Labute approximate surface area is 108 Å². The summed E-state index contributed by atoms with van der Waals surface area (Å²) in [5, 5.41) is 0. The minimum absolute atomic E-state index is 0.00935. The van der Waals surface area contributed by atoms with E-state index in [9.17, 15) is 17.6 Å². The fourth-order valence-corrected chi connectivity index (χ4v) is 2.01. The molecule has 100 valence electrons. The topological polar surface area (TPSA) is 0 Å². The molecule has 0 unspecified atom stereocenters. The quantitative estimate of drug-likeness (QED) is 0.629. The zero-order valence-electron chi connectivity index (χ0n) is 10.5. The van der Waals surface area contributed by atoms with Crippen LogP contribution in [-0.2, 0) is 6.18 Å². The molecule has 0 aliphatic rings. The molecule has 4 heteroatoms. The zero-order valence-corrected chi connectivity index (χ0v) is 10.5. The Kier molecular flexibility index (Phi) is 3.35. The van der Waals surface area contributed by atoms with Crippen LogP contribution in [0.15, 0.2) is 36.4 Å². The minimum Gasteiger partial charge on any atom is -0.207 e. The molecular formula is C15H12F4. The molecule has 19 heavy (non-hydrogen) atoms. The van der Waals surface area contributed by atoms with Crippen LogP contribution in [0.3, 0.4) is 0 Å². The van der Waals surface area contributed by atoms with Crippen LogP contribution in [0.5, 0.6) is 0 Å². The van der Waals surface area contributed by atoms with Crippen molar-refractivity contribution in [1.82, 2.24) is 0 Å². The maximum absolute atomic E-state index is 13.3. The van der Waals surface area contributed by atoms with Gasteiger partial charge in [0, 0.05) is 0 Å². The first-order chi connectivity index (χ1) is 8.79. The van der Waals surface area contributed by atoms with Gasteiger partial charge in [-0.3, -0.25) is 0 Å². The molecule has 2 aromatic rings. The second kappa shape index (κ2) is 4.68. The maximum Gasteiger partial charge on any atom is 0.417 e. The largest absolute Gasteiger partial charge is 0.417 e. The summed E-state index contributed by atoms with van der Waals surface area (Å²) >= 11 is 0. The van der Waals surface area contributed by atoms with Gasteiger partial charge in [0.1, 0.15) is 5.82 Å². The Morgan fingerprint density at radius 1 is 0.842 bits per heavy atom. The number of aryl methyl sites for hydroxylation is 2. The van der Waals surface area contributed by atoms with Gasteiger partial charge in [0.15, 0.2) is 0 Å². The van der Waals surface area contributed by atoms with Crippen LogP contribution < -0.4 is 0 Å². The van der Waals surface area contributed by atoms with Crippen molar-refractivity contribution in [2.45, 2.75) is 20.0 Å². The smallest absolute Gasteiger partial charge is 0.207 e. The third-order valence-electron chi connectivity index (χ3n) is 2.97. The fraction of sp³-hybridized carbons (Fsp3) is 0.200. The molecule has 0 N–H and O–H groups in total. The monoisotopic (exact) mass is 268 g/mol. The van der Waals surface area contributed by atoms with Gasteiger partial charge in [0.05, 0.1) is 5.56 Å². The number of alkyl halides is 3. The molecule has 0 amide bonds. The van der Waals surface area contributed by atoms with Crippen LogP contribution in [0.1, 0.15) is 16.7 Å². The van der Waals surface area contributed by atoms with Crippen LogP contribution in [0, 0.1) is 19.7 Å². The standard InChI is InChI=1S/C15H12F4/c1-9-3-6-12(14(7-9)15(17,18)19)13-8-11(16)5-4-10(13)2/h3-8H,1-2H3. The number of rotatable bonds is 1. The fourth-order valence-electron chi connectivity index (χ4n) is 2.01. The summed E-state index contributed by atoms with van der Waals surface area (Å²) in [5.41, 5.74) is 0.671. The number of halogens is 4. The maximum atomic E-state index is 13.3. The molecule has 0 nitrogen and oxygen atoms in total. The molecule has 0 atom stereocenters. The predicted molar refractivity (Wildman–Crippen MR) is 66.3 cm³/mol. The highest BCUT2D eigenvalue weighted by atomic mass is 19.4. The summed E-state index contributed by atoms with van der Waals surface area (Å²) in [6, 6.07) is 7.91. The van der Waals surface area contributed by atoms with E-state index in [2.05, 4.69) is 0 Å². The molecule has 0 heterocycles. The van der Waals surface area contributed by atoms with Gasteiger partial charge in [-0.1, -0.05) is 23.8 Å². The molecule has 0 radical (unpaired) electrons. The Hall–Kier alpha value is -1.84. The minimum atomic E-state index is -4.46. The van der Waals surface area contributed by atoms with E-state index in [0.717, 1.165) is 12.1 Å². The van der Waals surface area contributed by atoms with Gasteiger partial charge in [-0.2, -0.15) is 13.2 Å². The third kappa shape index (κ3) is 2.78. The van der Waals surface area contributed by atoms with Gasteiger partial charge in [0.25, 0.3) is 0 Å². The van der Waals surface area contributed by atoms with Crippen molar-refractivity contribution in [3.05, 3.63) is 58.9 Å². The summed E-state index contributed by atoms with van der Waals surface area (Å²) in [7, 11) is 0. The molecule has 0 bridgehead atoms. The van der Waals surface area contributed by atoms with Gasteiger partial charge < -0.3 is 0 Å². The highest BCUT2D eigenvalue weighted by Crippen LogP contribution is 2.38. The van der Waals surface area contributed by atoms with Crippen molar-refractivity contribution >= 4 is 0 Å². The molecular weight excluding hydrogens is 256 g/mol. The molecule has 0 aliphatic carbocycles. The van der Waals surface area contributed by atoms with Gasteiger partial charge in [-0.25, -0.2) is 4.39 Å². The summed E-state index contributed by atoms with van der Waals surface area (Å²) in [6.45, 7) is 3.26. The SMILES string of the molecule is Cc1ccc(-c2cc(F)ccc2C)c(C(F)(F)F)c1. The lowest BCUT2D eigenvalue weighted by atomic mass is 9.94. The Morgan fingerprint density at radius 2 is 1.53 bits per heavy atom. The van der Waals surface area contributed by atoms with Crippen molar-refractivity contribution in [1.29, 1.82) is 0 Å². The Balaban J connectivity index is 2.72. The van der Waals surface area contributed by atoms with Crippen molar-refractivity contribution in [2.24, 2.45) is 0 Å². The average molecular weight is 268 g/mol. The Morgan fingerprint density at radius 3 is 2.16 bits per heavy atom. The number of benzene rings is 2. The lowest BCUT2D eigenvalue weighted by Gasteiger charge is -2.15. The normalized spacial score (nSPS) is 11.7. The van der Waals surface area contributed by atoms with E-state index < -0.39 is 17.6 Å². The molecule has 0 aliphatic heterocycles. The molecule has 2 rings (SSSR count). The van der Waals surface area contributed by atoms with Crippen molar-refractivity contribution in [3.63, 3.8) is 0 Å². The first kappa shape index (κ1) is 13.6. The molecule has 2 aromatic carbocycles. The van der Waals surface area contributed by atoms with Gasteiger partial charge >= 0.3 is 6.18 Å². The van der Waals surface area contributed by atoms with Crippen molar-refractivity contribution < 1.29 is 17.6 Å². The lowest BCUT2D eigenvalue weighted by molar-refractivity contribution is -0.137. The molecule has 0 saturated heterocycles. The van der Waals surface area contributed by atoms with Gasteiger partial charge in [-0.05, 0) is 48.7 Å². The van der Waals surface area contributed by atoms with E-state index in [4.69, 9.17) is 0 Å². The van der Waals surface area contributed by atoms with Gasteiger partial charge in [-0.15, -0.1) is 0 Å². The summed E-state index contributed by atoms with van der Waals surface area (Å²) in [4.78, 5) is 0. The Bertz CT molecular complexity index is 612. The van der Waals surface area contributed by atoms with Crippen LogP contribution in [0.2, 0.25) is 0 Å². The van der Waals surface area contributed by atoms with E-state index in [1.807, 2.05) is 0 Å². The van der Waals surface area contributed by atoms with Crippen molar-refractivity contribution in [2.75, 3.05) is 0 Å². The molecule has 0 aromatic heterocycles. The van der Waals surface area contributed by atoms with E-state index in [0.29, 0.717) is 11.1 Å². The highest BCUT2D eigenvalue weighted by Gasteiger charge is 2.34. The first-order valence-corrected chi connectivity index (χ1v) is 5.73. The molecule has 0 spiro atoms. The molecule has 0 fully saturated rings. The van der Waals surface area contributed by atoms with E-state index in [1.165, 1.54) is 18.2 Å². The first-order valence-electron chi connectivity index (χ1n) is 5.73. The van der Waals surface area contributed by atoms with Crippen LogP contribution in [-0.4, -0.2) is 0 Å². The second-order valence-electron chi connectivity index (χ2n) is 4.51. The van der Waals surface area contributed by atoms with Crippen LogP contribution in [0.4, 0.5) is 17.6 Å². The van der Waals surface area contributed by atoms with E-state index in [1.54, 1.807) is 19.9 Å². The van der Waals surface area contributed by atoms with E-state index in [-0.39, 0.29) is 11.1 Å². The summed E-state index contributed by atoms with van der Waals surface area (Å²) in [5.74, 6) is -0.547. The number of hydrogen-bond donors (Lipinski definition) is 0. The highest BCUT2D eigenvalue weighted by molar-refractivity contribution is 5.71. The van der Waals surface area contributed by atoms with Crippen LogP contribution in [0.25, 0.3) is 11.1 Å². The van der Waals surface area contributed by atoms with E-state index >= 15 is 0 Å². The summed E-state index contributed by atoms with van der Waals surface area (Å²) < 4.78 is 52.4. The van der Waals surface area contributed by atoms with Crippen LogP contribution >= 0.6 is 0 Å². The lowest BCUT2D eigenvalue weighted by Crippen LogP contribution is -2.08. The number of hydrogen-bond acceptors (Lipinski definition) is 0. The predicted octanol–water partition coefficient (Wildman–Crippen LogP) is 5.13. The van der Waals surface area contributed by atoms with Crippen molar-refractivity contribution in [3.8, 4) is 11.1 Å². The van der Waals surface area contributed by atoms with Gasteiger partial charge in [0.2, 0.25) is 0 Å². The third-order valence-corrected chi connectivity index (χ3v) is 2.97. The zero-order chi connectivity index (χ0) is 14.2.